The van der Waals surface area contributed by atoms with Crippen molar-refractivity contribution in [2.45, 2.75) is 45.4 Å². The minimum atomic E-state index is -4.94. The molecule has 2 aromatic rings. The van der Waals surface area contributed by atoms with Crippen molar-refractivity contribution in [3.05, 3.63) is 68.4 Å². The van der Waals surface area contributed by atoms with Gasteiger partial charge in [-0.25, -0.2) is 8.60 Å². The van der Waals surface area contributed by atoms with Crippen LogP contribution in [-0.2, 0) is 20.2 Å². The molecule has 1 aliphatic heterocycles. The Balaban J connectivity index is 1.96. The van der Waals surface area contributed by atoms with Gasteiger partial charge in [0.05, 0.1) is 25.5 Å². The van der Waals surface area contributed by atoms with Crippen LogP contribution in [-0.4, -0.2) is 33.5 Å². The summed E-state index contributed by atoms with van der Waals surface area (Å²) in [6.07, 6.45) is -5.06. The Bertz CT molecular complexity index is 1300. The normalized spacial score (nSPS) is 19.6. The molecule has 1 amide bonds. The van der Waals surface area contributed by atoms with Gasteiger partial charge in [0, 0.05) is 29.1 Å². The van der Waals surface area contributed by atoms with Crippen molar-refractivity contribution in [3.63, 3.8) is 0 Å². The summed E-state index contributed by atoms with van der Waals surface area (Å²) in [5, 5.41) is 2.50. The lowest BCUT2D eigenvalue weighted by atomic mass is 9.86. The van der Waals surface area contributed by atoms with Crippen LogP contribution in [0.4, 0.5) is 17.6 Å². The Kier molecular flexibility index (Phi) is 7.88. The summed E-state index contributed by atoms with van der Waals surface area (Å²) in [5.41, 5.74) is -2.56. The molecule has 0 radical (unpaired) electrons. The van der Waals surface area contributed by atoms with Gasteiger partial charge in [0.15, 0.2) is 5.82 Å². The Hall–Kier alpha value is -2.17. The van der Waals surface area contributed by atoms with Crippen LogP contribution in [0.25, 0.3) is 0 Å². The second kappa shape index (κ2) is 10.1. The average Bonchev–Trinajstić information content (AvgIpc) is 3.24. The van der Waals surface area contributed by atoms with Gasteiger partial charge >= 0.3 is 6.18 Å². The molecule has 0 aromatic heterocycles. The van der Waals surface area contributed by atoms with E-state index in [0.717, 1.165) is 12.1 Å². The second-order valence-corrected chi connectivity index (χ2v) is 11.6. The van der Waals surface area contributed by atoms with Crippen LogP contribution < -0.4 is 0 Å². The molecule has 0 saturated heterocycles. The zero-order valence-electron chi connectivity index (χ0n) is 19.0. The lowest BCUT2D eigenvalue weighted by Gasteiger charge is -2.29. The highest BCUT2D eigenvalue weighted by Gasteiger charge is 2.62. The van der Waals surface area contributed by atoms with Gasteiger partial charge in [-0.15, -0.1) is 0 Å². The van der Waals surface area contributed by atoms with Crippen molar-refractivity contribution in [1.29, 1.82) is 0 Å². The highest BCUT2D eigenvalue weighted by Crippen LogP contribution is 2.50. The molecule has 2 aromatic carbocycles. The molecule has 12 heteroatoms. The average molecular weight is 553 g/mol. The lowest BCUT2D eigenvalue weighted by molar-refractivity contribution is -0.275. The molecule has 190 valence electrons. The van der Waals surface area contributed by atoms with Gasteiger partial charge in [-0.3, -0.25) is 4.79 Å². The number of aryl methyl sites for hydroxylation is 1. The number of carbonyl (C=O) groups is 1. The first-order valence-corrected chi connectivity index (χ1v) is 13.2. The van der Waals surface area contributed by atoms with Crippen LogP contribution in [0.5, 0.6) is 0 Å². The monoisotopic (exact) mass is 552 g/mol. The molecule has 2 unspecified atom stereocenters. The summed E-state index contributed by atoms with van der Waals surface area (Å²) in [4.78, 5) is 17.6. The van der Waals surface area contributed by atoms with E-state index in [-0.39, 0.29) is 28.3 Å². The number of amides is 1. The van der Waals surface area contributed by atoms with Crippen molar-refractivity contribution < 1.29 is 31.4 Å². The smallest absolute Gasteiger partial charge is 0.374 e. The van der Waals surface area contributed by atoms with Crippen LogP contribution >= 0.6 is 23.2 Å². The maximum Gasteiger partial charge on any atom is 0.435 e. The van der Waals surface area contributed by atoms with Crippen molar-refractivity contribution in [2.24, 2.45) is 9.52 Å². The molecular formula is C23H22Cl2F4N2O3S. The van der Waals surface area contributed by atoms with E-state index in [1.807, 2.05) is 6.92 Å². The van der Waals surface area contributed by atoms with E-state index >= 15 is 0 Å². The highest BCUT2D eigenvalue weighted by molar-refractivity contribution is 7.93. The van der Waals surface area contributed by atoms with E-state index in [0.29, 0.717) is 12.0 Å². The third-order valence-electron chi connectivity index (χ3n) is 5.65. The van der Waals surface area contributed by atoms with Crippen LogP contribution in [0.1, 0.15) is 53.7 Å². The number of rotatable bonds is 6. The molecule has 0 bridgehead atoms. The van der Waals surface area contributed by atoms with E-state index in [1.54, 1.807) is 13.8 Å². The molecule has 1 aliphatic rings. The Labute approximate surface area is 210 Å². The number of nitrogens with zero attached hydrogens (tertiary/aromatic N) is 2. The molecule has 0 saturated carbocycles. The van der Waals surface area contributed by atoms with Crippen LogP contribution in [0, 0.1) is 12.7 Å². The van der Waals surface area contributed by atoms with Gasteiger partial charge < -0.3 is 4.84 Å². The number of hydrogen-bond donors (Lipinski definition) is 0. The van der Waals surface area contributed by atoms with Crippen molar-refractivity contribution >= 4 is 44.5 Å². The molecule has 2 atom stereocenters. The van der Waals surface area contributed by atoms with E-state index in [4.69, 9.17) is 28.0 Å². The Morgan fingerprint density at radius 3 is 2.34 bits per heavy atom. The predicted octanol–water partition coefficient (Wildman–Crippen LogP) is 7.06. The van der Waals surface area contributed by atoms with E-state index < -0.39 is 55.3 Å². The Morgan fingerprint density at radius 2 is 1.83 bits per heavy atom. The van der Waals surface area contributed by atoms with Crippen LogP contribution in [0.2, 0.25) is 10.0 Å². The van der Waals surface area contributed by atoms with Crippen molar-refractivity contribution in [1.82, 2.24) is 0 Å². The molecule has 0 fully saturated rings. The highest BCUT2D eigenvalue weighted by atomic mass is 35.5. The topological polar surface area (TPSA) is 68.1 Å². The summed E-state index contributed by atoms with van der Waals surface area (Å²) in [7, 11) is -2.68. The number of benzene rings is 2. The number of oxime groups is 1. The van der Waals surface area contributed by atoms with Crippen LogP contribution in [0.15, 0.2) is 39.9 Å². The fourth-order valence-electron chi connectivity index (χ4n) is 3.70. The summed E-state index contributed by atoms with van der Waals surface area (Å²) in [6.45, 7) is 5.12. The fourth-order valence-corrected chi connectivity index (χ4v) is 5.74. The molecule has 0 spiro atoms. The fraction of sp³-hybridized carbons (Fsp3) is 0.391. The first kappa shape index (κ1) is 27.4. The van der Waals surface area contributed by atoms with E-state index in [1.165, 1.54) is 18.2 Å². The van der Waals surface area contributed by atoms with Gasteiger partial charge in [-0.2, -0.15) is 17.5 Å². The zero-order valence-corrected chi connectivity index (χ0v) is 21.3. The van der Waals surface area contributed by atoms with Gasteiger partial charge in [0.1, 0.15) is 0 Å². The Morgan fingerprint density at radius 1 is 1.20 bits per heavy atom. The maximum atomic E-state index is 14.2. The molecular weight excluding hydrogens is 531 g/mol. The van der Waals surface area contributed by atoms with E-state index in [9.17, 15) is 26.6 Å². The molecule has 0 aliphatic carbocycles. The van der Waals surface area contributed by atoms with Gasteiger partial charge in [-0.1, -0.05) is 48.3 Å². The standard InChI is InChI=1S/C23H22Cl2F4N2O3S/c1-4-8-35(33,5-2)31-21(32)16-7-6-14(9-13(16)3)19-12-22(34-30-19,23(27,28)29)15-10-17(24)20(26)18(25)11-15/h6-7,9-11H,4-5,8,12H2,1-3H3. The number of alkyl halides is 3. The lowest BCUT2D eigenvalue weighted by Crippen LogP contribution is -2.42. The maximum absolute atomic E-state index is 14.2. The predicted molar refractivity (Wildman–Crippen MR) is 128 cm³/mol. The zero-order chi connectivity index (χ0) is 26.2. The molecule has 35 heavy (non-hydrogen) atoms. The number of hydrogen-bond acceptors (Lipinski definition) is 4. The van der Waals surface area contributed by atoms with Crippen molar-refractivity contribution in [2.75, 3.05) is 11.5 Å². The minimum absolute atomic E-state index is 0.0405. The summed E-state index contributed by atoms with van der Waals surface area (Å²) >= 11 is 11.5. The number of carbonyl (C=O) groups excluding carboxylic acids is 1. The van der Waals surface area contributed by atoms with Gasteiger partial charge in [0.2, 0.25) is 0 Å². The largest absolute Gasteiger partial charge is 0.435 e. The minimum Gasteiger partial charge on any atom is -0.374 e. The summed E-state index contributed by atoms with van der Waals surface area (Å²) in [5.74, 6) is -1.17. The summed E-state index contributed by atoms with van der Waals surface area (Å²) in [6, 6.07) is 5.92. The summed E-state index contributed by atoms with van der Waals surface area (Å²) < 4.78 is 73.0. The van der Waals surface area contributed by atoms with Crippen LogP contribution in [0.3, 0.4) is 0 Å². The SMILES string of the molecule is CCCS(=O)(CC)=NC(=O)c1ccc(C2=NOC(c3cc(Cl)c(F)c(Cl)c3)(C(F)(F)F)C2)cc1C. The molecule has 5 nitrogen and oxygen atoms in total. The molecule has 1 heterocycles. The molecule has 3 rings (SSSR count). The van der Waals surface area contributed by atoms with E-state index in [2.05, 4.69) is 9.52 Å². The first-order chi connectivity index (χ1) is 16.3. The molecule has 0 N–H and O–H groups in total. The first-order valence-electron chi connectivity index (χ1n) is 10.6. The van der Waals surface area contributed by atoms with Gasteiger partial charge in [0.25, 0.3) is 11.5 Å². The van der Waals surface area contributed by atoms with Gasteiger partial charge in [-0.05, 0) is 48.7 Å². The number of halogens is 6. The van der Waals surface area contributed by atoms with Crippen molar-refractivity contribution in [3.8, 4) is 0 Å². The second-order valence-electron chi connectivity index (χ2n) is 8.08. The third kappa shape index (κ3) is 5.34. The third-order valence-corrected chi connectivity index (χ3v) is 8.65. The quantitative estimate of drug-likeness (QED) is 0.284.